The normalized spacial score (nSPS) is 17.0. The maximum Gasteiger partial charge on any atom is 0.252 e. The van der Waals surface area contributed by atoms with E-state index in [9.17, 15) is 13.6 Å². The fourth-order valence-corrected chi connectivity index (χ4v) is 5.93. The summed E-state index contributed by atoms with van der Waals surface area (Å²) in [6.45, 7) is 0.240. The van der Waals surface area contributed by atoms with E-state index in [1.54, 1.807) is 12.1 Å². The molecule has 6 nitrogen and oxygen atoms in total. The standard InChI is InChI=1S/C39H33BrF2N2O4/c40-32-16-7-26(8-17-32)24-39(38(46)43-25-31-13-18-33(41)23-35(31)42)36(29-11-9-28(10-12-29)27-5-2-1-3-6-27)48-37(44-39)30-14-19-34(20-15-30)47-22-4-21-45/h1-3,5-20,23,36,45H,4,21-22,24-25H2,(H,43,46)/t36-,39-/m1/s1. The SMILES string of the molecule is O=C(NCc1ccc(F)cc1F)[C@]1(Cc2ccc(Br)cc2)N=C(c2ccc(OCCCO)cc2)O[C@@H]1c1ccc(-c2ccccc2)cc1. The second-order valence-corrected chi connectivity index (χ2v) is 12.4. The molecule has 0 aliphatic carbocycles. The van der Waals surface area contributed by atoms with Crippen molar-refractivity contribution >= 4 is 27.7 Å². The van der Waals surface area contributed by atoms with Crippen molar-refractivity contribution in [3.63, 3.8) is 0 Å². The average Bonchev–Trinajstić information content (AvgIpc) is 3.50. The number of aliphatic hydroxyl groups excluding tert-OH is 1. The highest BCUT2D eigenvalue weighted by Crippen LogP contribution is 2.43. The second kappa shape index (κ2) is 14.9. The first-order chi connectivity index (χ1) is 23.3. The van der Waals surface area contributed by atoms with Gasteiger partial charge in [0.25, 0.3) is 5.91 Å². The Morgan fingerprint density at radius 1 is 0.875 bits per heavy atom. The first-order valence-corrected chi connectivity index (χ1v) is 16.4. The van der Waals surface area contributed by atoms with Crippen LogP contribution in [0, 0.1) is 11.6 Å². The minimum Gasteiger partial charge on any atom is -0.494 e. The number of hydrogen-bond acceptors (Lipinski definition) is 5. The van der Waals surface area contributed by atoms with Crippen molar-refractivity contribution in [2.45, 2.75) is 31.0 Å². The summed E-state index contributed by atoms with van der Waals surface area (Å²) < 4.78 is 41.5. The molecule has 5 aromatic carbocycles. The number of nitrogens with one attached hydrogen (secondary N) is 1. The summed E-state index contributed by atoms with van der Waals surface area (Å²) in [5.41, 5.74) is 2.92. The first kappa shape index (κ1) is 33.1. The van der Waals surface area contributed by atoms with Crippen molar-refractivity contribution < 1.29 is 28.2 Å². The van der Waals surface area contributed by atoms with Crippen LogP contribution >= 0.6 is 15.9 Å². The molecular formula is C39H33BrF2N2O4. The third-order valence-electron chi connectivity index (χ3n) is 8.19. The highest BCUT2D eigenvalue weighted by atomic mass is 79.9. The van der Waals surface area contributed by atoms with Gasteiger partial charge in [-0.25, -0.2) is 13.8 Å². The van der Waals surface area contributed by atoms with Crippen molar-refractivity contribution in [3.8, 4) is 16.9 Å². The first-order valence-electron chi connectivity index (χ1n) is 15.6. The molecule has 6 rings (SSSR count). The van der Waals surface area contributed by atoms with Gasteiger partial charge in [0.1, 0.15) is 17.4 Å². The van der Waals surface area contributed by atoms with Gasteiger partial charge in [0, 0.05) is 47.7 Å². The molecule has 0 saturated heterocycles. The Hall–Kier alpha value is -4.86. The zero-order chi connectivity index (χ0) is 33.5. The highest BCUT2D eigenvalue weighted by molar-refractivity contribution is 9.10. The highest BCUT2D eigenvalue weighted by Gasteiger charge is 2.53. The van der Waals surface area contributed by atoms with Crippen LogP contribution in [0.4, 0.5) is 8.78 Å². The number of benzene rings is 5. The van der Waals surface area contributed by atoms with Gasteiger partial charge in [0.05, 0.1) is 6.61 Å². The molecule has 1 aliphatic heterocycles. The number of carbonyl (C=O) groups is 1. The van der Waals surface area contributed by atoms with Crippen LogP contribution in [0.15, 0.2) is 131 Å². The van der Waals surface area contributed by atoms with E-state index < -0.39 is 29.2 Å². The lowest BCUT2D eigenvalue weighted by Crippen LogP contribution is -2.49. The van der Waals surface area contributed by atoms with E-state index in [1.165, 1.54) is 6.07 Å². The maximum absolute atomic E-state index is 14.6. The van der Waals surface area contributed by atoms with Crippen LogP contribution in [0.1, 0.15) is 34.8 Å². The molecule has 9 heteroatoms. The lowest BCUT2D eigenvalue weighted by molar-refractivity contribution is -0.129. The van der Waals surface area contributed by atoms with Crippen LogP contribution in [0.2, 0.25) is 0 Å². The Kier molecular flexibility index (Phi) is 10.3. The van der Waals surface area contributed by atoms with E-state index in [0.717, 1.165) is 38.9 Å². The molecule has 0 unspecified atom stereocenters. The predicted octanol–water partition coefficient (Wildman–Crippen LogP) is 7.97. The van der Waals surface area contributed by atoms with Gasteiger partial charge in [-0.1, -0.05) is 88.7 Å². The van der Waals surface area contributed by atoms with E-state index in [4.69, 9.17) is 19.6 Å². The predicted molar refractivity (Wildman–Crippen MR) is 185 cm³/mol. The second-order valence-electron chi connectivity index (χ2n) is 11.5. The van der Waals surface area contributed by atoms with Crippen molar-refractivity contribution in [3.05, 3.63) is 160 Å². The molecule has 0 bridgehead atoms. The zero-order valence-corrected chi connectivity index (χ0v) is 27.5. The number of rotatable bonds is 12. The van der Waals surface area contributed by atoms with Crippen LogP contribution in [-0.4, -0.2) is 35.7 Å². The van der Waals surface area contributed by atoms with Crippen molar-refractivity contribution in [2.24, 2.45) is 4.99 Å². The largest absolute Gasteiger partial charge is 0.494 e. The molecule has 5 aromatic rings. The van der Waals surface area contributed by atoms with Crippen molar-refractivity contribution in [2.75, 3.05) is 13.2 Å². The number of aliphatic imine (C=N–C) groups is 1. The smallest absolute Gasteiger partial charge is 0.252 e. The molecule has 2 atom stereocenters. The number of halogens is 3. The Balaban J connectivity index is 1.41. The zero-order valence-electron chi connectivity index (χ0n) is 25.9. The topological polar surface area (TPSA) is 80.2 Å². The molecule has 48 heavy (non-hydrogen) atoms. The lowest BCUT2D eigenvalue weighted by Gasteiger charge is -2.31. The Morgan fingerprint density at radius 2 is 1.56 bits per heavy atom. The van der Waals surface area contributed by atoms with Gasteiger partial charge in [-0.3, -0.25) is 4.79 Å². The number of amides is 1. The molecule has 0 saturated carbocycles. The molecule has 0 spiro atoms. The van der Waals surface area contributed by atoms with Gasteiger partial charge in [0.2, 0.25) is 5.90 Å². The van der Waals surface area contributed by atoms with Crippen LogP contribution < -0.4 is 10.1 Å². The van der Waals surface area contributed by atoms with Gasteiger partial charge in [0.15, 0.2) is 11.6 Å². The minimum atomic E-state index is -1.50. The maximum atomic E-state index is 14.6. The van der Waals surface area contributed by atoms with Crippen LogP contribution in [0.5, 0.6) is 5.75 Å². The molecule has 1 amide bonds. The van der Waals surface area contributed by atoms with Gasteiger partial charge >= 0.3 is 0 Å². The summed E-state index contributed by atoms with van der Waals surface area (Å²) >= 11 is 3.49. The molecular weight excluding hydrogens is 678 g/mol. The number of carbonyl (C=O) groups excluding carboxylic acids is 1. The molecule has 244 valence electrons. The lowest BCUT2D eigenvalue weighted by atomic mass is 9.81. The average molecular weight is 712 g/mol. The van der Waals surface area contributed by atoms with E-state index in [2.05, 4.69) is 21.2 Å². The minimum absolute atomic E-state index is 0.0345. The van der Waals surface area contributed by atoms with Gasteiger partial charge < -0.3 is 19.9 Å². The molecule has 0 radical (unpaired) electrons. The molecule has 0 aromatic heterocycles. The summed E-state index contributed by atoms with van der Waals surface area (Å²) in [5.74, 6) is -1.02. The fourth-order valence-electron chi connectivity index (χ4n) is 5.67. The van der Waals surface area contributed by atoms with Crippen molar-refractivity contribution in [1.82, 2.24) is 5.32 Å². The Bertz CT molecular complexity index is 1890. The molecule has 1 heterocycles. The van der Waals surface area contributed by atoms with E-state index in [0.29, 0.717) is 24.3 Å². The van der Waals surface area contributed by atoms with E-state index in [-0.39, 0.29) is 31.0 Å². The molecule has 0 fully saturated rings. The number of ether oxygens (including phenoxy) is 2. The van der Waals surface area contributed by atoms with Crippen LogP contribution in [-0.2, 0) is 22.5 Å². The van der Waals surface area contributed by atoms with E-state index >= 15 is 0 Å². The third kappa shape index (κ3) is 7.48. The number of nitrogens with zero attached hydrogens (tertiary/aromatic N) is 1. The van der Waals surface area contributed by atoms with E-state index in [1.807, 2.05) is 91.0 Å². The molecule has 1 aliphatic rings. The monoisotopic (exact) mass is 710 g/mol. The summed E-state index contributed by atoms with van der Waals surface area (Å²) in [4.78, 5) is 19.5. The van der Waals surface area contributed by atoms with Gasteiger partial charge in [-0.05, 0) is 64.7 Å². The number of hydrogen-bond donors (Lipinski definition) is 2. The Labute approximate surface area is 286 Å². The Morgan fingerprint density at radius 3 is 2.25 bits per heavy atom. The van der Waals surface area contributed by atoms with Gasteiger partial charge in [-0.15, -0.1) is 0 Å². The van der Waals surface area contributed by atoms with Crippen LogP contribution in [0.3, 0.4) is 0 Å². The van der Waals surface area contributed by atoms with Gasteiger partial charge in [-0.2, -0.15) is 0 Å². The fraction of sp³-hybridized carbons (Fsp3) is 0.179. The summed E-state index contributed by atoms with van der Waals surface area (Å²) in [5, 5.41) is 12.0. The summed E-state index contributed by atoms with van der Waals surface area (Å²) in [6, 6.07) is 35.9. The quantitative estimate of drug-likeness (QED) is 0.129. The summed E-state index contributed by atoms with van der Waals surface area (Å²) in [6.07, 6.45) is -0.160. The third-order valence-corrected chi connectivity index (χ3v) is 8.72. The molecule has 2 N–H and O–H groups in total. The van der Waals surface area contributed by atoms with Crippen LogP contribution in [0.25, 0.3) is 11.1 Å². The summed E-state index contributed by atoms with van der Waals surface area (Å²) in [7, 11) is 0. The van der Waals surface area contributed by atoms with Crippen molar-refractivity contribution in [1.29, 1.82) is 0 Å². The number of aliphatic hydroxyl groups is 1.